The highest BCUT2D eigenvalue weighted by Gasteiger charge is 2.34. The summed E-state index contributed by atoms with van der Waals surface area (Å²) >= 11 is 0. The molecular weight excluding hydrogens is 250 g/mol. The largest absolute Gasteiger partial charge is 0.481 e. The van der Waals surface area contributed by atoms with Crippen molar-refractivity contribution in [2.24, 2.45) is 5.41 Å². The first kappa shape index (κ1) is 16.7. The lowest BCUT2D eigenvalue weighted by atomic mass is 9.82. The molecule has 0 bridgehead atoms. The molecule has 112 valence electrons. The fourth-order valence-corrected chi connectivity index (χ4v) is 2.48. The Hall–Kier alpha value is -1.35. The highest BCUT2D eigenvalue weighted by Crippen LogP contribution is 2.26. The van der Waals surface area contributed by atoms with Crippen LogP contribution < -0.4 is 5.32 Å². The van der Waals surface area contributed by atoms with Crippen LogP contribution >= 0.6 is 0 Å². The average Bonchev–Trinajstić information content (AvgIpc) is 2.48. The number of rotatable bonds is 9. The normalized spacial score (nSPS) is 13.2. The summed E-state index contributed by atoms with van der Waals surface area (Å²) in [6.45, 7) is 6.59. The first-order valence-corrected chi connectivity index (χ1v) is 7.58. The van der Waals surface area contributed by atoms with Crippen LogP contribution in [0.15, 0.2) is 30.3 Å². The number of carbonyl (C=O) groups is 1. The van der Waals surface area contributed by atoms with Crippen molar-refractivity contribution in [1.29, 1.82) is 0 Å². The molecule has 1 atom stereocenters. The molecule has 3 nitrogen and oxygen atoms in total. The summed E-state index contributed by atoms with van der Waals surface area (Å²) in [6.07, 6.45) is 3.26. The molecule has 2 N–H and O–H groups in total. The molecule has 0 aromatic heterocycles. The second-order valence-corrected chi connectivity index (χ2v) is 5.47. The summed E-state index contributed by atoms with van der Waals surface area (Å²) < 4.78 is 0. The lowest BCUT2D eigenvalue weighted by Gasteiger charge is -2.29. The van der Waals surface area contributed by atoms with E-state index >= 15 is 0 Å². The Morgan fingerprint density at radius 1 is 1.20 bits per heavy atom. The molecule has 0 aliphatic heterocycles. The van der Waals surface area contributed by atoms with E-state index in [2.05, 4.69) is 24.4 Å². The van der Waals surface area contributed by atoms with Crippen LogP contribution in [-0.4, -0.2) is 23.7 Å². The van der Waals surface area contributed by atoms with Crippen molar-refractivity contribution in [3.8, 4) is 0 Å². The molecule has 0 aliphatic carbocycles. The average molecular weight is 277 g/mol. The fourth-order valence-electron chi connectivity index (χ4n) is 2.48. The van der Waals surface area contributed by atoms with Gasteiger partial charge < -0.3 is 10.4 Å². The van der Waals surface area contributed by atoms with Crippen molar-refractivity contribution in [2.45, 2.75) is 52.5 Å². The molecule has 0 saturated heterocycles. The zero-order valence-corrected chi connectivity index (χ0v) is 12.9. The van der Waals surface area contributed by atoms with E-state index in [-0.39, 0.29) is 0 Å². The van der Waals surface area contributed by atoms with Gasteiger partial charge in [0.2, 0.25) is 0 Å². The zero-order valence-electron chi connectivity index (χ0n) is 12.9. The Labute approximate surface area is 122 Å². The molecule has 0 spiro atoms. The summed E-state index contributed by atoms with van der Waals surface area (Å²) in [5.74, 6) is -0.690. The van der Waals surface area contributed by atoms with E-state index in [1.54, 1.807) is 0 Å². The molecule has 1 aromatic carbocycles. The van der Waals surface area contributed by atoms with E-state index < -0.39 is 11.4 Å². The van der Waals surface area contributed by atoms with Crippen LogP contribution in [0, 0.1) is 5.41 Å². The molecule has 20 heavy (non-hydrogen) atoms. The van der Waals surface area contributed by atoms with Crippen LogP contribution in [0.3, 0.4) is 0 Å². The predicted molar refractivity (Wildman–Crippen MR) is 82.9 cm³/mol. The van der Waals surface area contributed by atoms with Gasteiger partial charge in [0, 0.05) is 12.6 Å². The van der Waals surface area contributed by atoms with Gasteiger partial charge in [0.15, 0.2) is 0 Å². The van der Waals surface area contributed by atoms with Crippen molar-refractivity contribution in [1.82, 2.24) is 5.32 Å². The monoisotopic (exact) mass is 277 g/mol. The number of nitrogens with one attached hydrogen (secondary N) is 1. The Bertz CT molecular complexity index is 399. The molecule has 0 aliphatic rings. The maximum absolute atomic E-state index is 11.5. The highest BCUT2D eigenvalue weighted by atomic mass is 16.4. The molecule has 1 unspecified atom stereocenters. The van der Waals surface area contributed by atoms with E-state index in [1.807, 2.05) is 32.0 Å². The van der Waals surface area contributed by atoms with Crippen LogP contribution in [-0.2, 0) is 11.2 Å². The Balaban J connectivity index is 2.62. The number of hydrogen-bond acceptors (Lipinski definition) is 2. The van der Waals surface area contributed by atoms with Crippen molar-refractivity contribution in [3.05, 3.63) is 35.9 Å². The quantitative estimate of drug-likeness (QED) is 0.726. The van der Waals surface area contributed by atoms with Crippen LogP contribution in [0.25, 0.3) is 0 Å². The van der Waals surface area contributed by atoms with E-state index in [9.17, 15) is 9.90 Å². The molecule has 0 heterocycles. The van der Waals surface area contributed by atoms with Gasteiger partial charge in [-0.3, -0.25) is 4.79 Å². The third kappa shape index (κ3) is 4.34. The minimum Gasteiger partial charge on any atom is -0.481 e. The minimum absolute atomic E-state index is 0.328. The number of benzene rings is 1. The number of carboxylic acid groups (broad SMARTS) is 1. The predicted octanol–water partition coefficient (Wildman–Crippen LogP) is 3.49. The number of carboxylic acids is 1. The second-order valence-electron chi connectivity index (χ2n) is 5.47. The van der Waals surface area contributed by atoms with Gasteiger partial charge in [-0.1, -0.05) is 51.1 Å². The molecule has 0 fully saturated rings. The van der Waals surface area contributed by atoms with Crippen molar-refractivity contribution >= 4 is 5.97 Å². The SMILES string of the molecule is CCC(Cc1ccccc1)NCC(CC)(CC)C(=O)O. The fraction of sp³-hybridized carbons (Fsp3) is 0.588. The summed E-state index contributed by atoms with van der Waals surface area (Å²) in [4.78, 5) is 11.5. The third-order valence-electron chi connectivity index (χ3n) is 4.35. The summed E-state index contributed by atoms with van der Waals surface area (Å²) in [5.41, 5.74) is 0.658. The first-order chi connectivity index (χ1) is 9.57. The highest BCUT2D eigenvalue weighted by molar-refractivity contribution is 5.74. The van der Waals surface area contributed by atoms with Gasteiger partial charge in [-0.25, -0.2) is 0 Å². The van der Waals surface area contributed by atoms with E-state index in [0.29, 0.717) is 25.4 Å². The van der Waals surface area contributed by atoms with E-state index in [1.165, 1.54) is 5.56 Å². The maximum Gasteiger partial charge on any atom is 0.310 e. The third-order valence-corrected chi connectivity index (χ3v) is 4.35. The van der Waals surface area contributed by atoms with Gasteiger partial charge in [0.1, 0.15) is 0 Å². The van der Waals surface area contributed by atoms with Crippen LogP contribution in [0.4, 0.5) is 0 Å². The molecule has 3 heteroatoms. The van der Waals surface area contributed by atoms with Gasteiger partial charge in [-0.05, 0) is 31.2 Å². The standard InChI is InChI=1S/C17H27NO2/c1-4-15(12-14-10-8-7-9-11-14)18-13-17(5-2,6-3)16(19)20/h7-11,15,18H,4-6,12-13H2,1-3H3,(H,19,20). The van der Waals surface area contributed by atoms with Gasteiger partial charge in [-0.15, -0.1) is 0 Å². The molecule has 0 amide bonds. The van der Waals surface area contributed by atoms with Crippen LogP contribution in [0.1, 0.15) is 45.6 Å². The molecule has 0 radical (unpaired) electrons. The minimum atomic E-state index is -0.690. The van der Waals surface area contributed by atoms with E-state index in [0.717, 1.165) is 12.8 Å². The van der Waals surface area contributed by atoms with Crippen molar-refractivity contribution < 1.29 is 9.90 Å². The molecular formula is C17H27NO2. The molecule has 1 rings (SSSR count). The van der Waals surface area contributed by atoms with Crippen molar-refractivity contribution in [3.63, 3.8) is 0 Å². The summed E-state index contributed by atoms with van der Waals surface area (Å²) in [5, 5.41) is 12.9. The smallest absolute Gasteiger partial charge is 0.310 e. The van der Waals surface area contributed by atoms with Gasteiger partial charge >= 0.3 is 5.97 Å². The first-order valence-electron chi connectivity index (χ1n) is 7.58. The van der Waals surface area contributed by atoms with Gasteiger partial charge in [0.25, 0.3) is 0 Å². The number of aliphatic carboxylic acids is 1. The Kier molecular flexibility index (Phi) is 6.73. The second kappa shape index (κ2) is 8.05. The summed E-state index contributed by atoms with van der Waals surface area (Å²) in [7, 11) is 0. The van der Waals surface area contributed by atoms with Gasteiger partial charge in [0.05, 0.1) is 5.41 Å². The van der Waals surface area contributed by atoms with Crippen LogP contribution in [0.2, 0.25) is 0 Å². The Morgan fingerprint density at radius 3 is 2.25 bits per heavy atom. The topological polar surface area (TPSA) is 49.3 Å². The maximum atomic E-state index is 11.5. The lowest BCUT2D eigenvalue weighted by Crippen LogP contribution is -2.44. The lowest BCUT2D eigenvalue weighted by molar-refractivity contribution is -0.149. The van der Waals surface area contributed by atoms with Crippen molar-refractivity contribution in [2.75, 3.05) is 6.54 Å². The molecule has 1 aromatic rings. The van der Waals surface area contributed by atoms with Crippen LogP contribution in [0.5, 0.6) is 0 Å². The zero-order chi connectivity index (χ0) is 15.0. The number of hydrogen-bond donors (Lipinski definition) is 2. The van der Waals surface area contributed by atoms with Gasteiger partial charge in [-0.2, -0.15) is 0 Å². The van der Waals surface area contributed by atoms with E-state index in [4.69, 9.17) is 0 Å². The Morgan fingerprint density at radius 2 is 1.80 bits per heavy atom. The molecule has 0 saturated carbocycles. The summed E-state index contributed by atoms with van der Waals surface area (Å²) in [6, 6.07) is 10.7.